The lowest BCUT2D eigenvalue weighted by Gasteiger charge is -2.08. The van der Waals surface area contributed by atoms with Crippen molar-refractivity contribution in [1.82, 2.24) is 25.2 Å². The van der Waals surface area contributed by atoms with Gasteiger partial charge >= 0.3 is 0 Å². The van der Waals surface area contributed by atoms with Crippen LogP contribution in [0.15, 0.2) is 18.5 Å². The van der Waals surface area contributed by atoms with E-state index in [1.165, 1.54) is 4.80 Å². The predicted octanol–water partition coefficient (Wildman–Crippen LogP) is 0.289. The molecule has 0 atom stereocenters. The highest BCUT2D eigenvalue weighted by Crippen LogP contribution is 2.14. The van der Waals surface area contributed by atoms with Gasteiger partial charge in [-0.3, -0.25) is 15.1 Å². The van der Waals surface area contributed by atoms with E-state index in [2.05, 4.69) is 31.0 Å². The Labute approximate surface area is 103 Å². The molecule has 8 heteroatoms. The fourth-order valence-corrected chi connectivity index (χ4v) is 1.43. The molecule has 0 saturated carbocycles. The second-order valence-corrected chi connectivity index (χ2v) is 3.51. The molecule has 1 amide bonds. The van der Waals surface area contributed by atoms with Crippen molar-refractivity contribution >= 4 is 17.5 Å². The third kappa shape index (κ3) is 2.59. The number of nitrogens with zero attached hydrogens (tertiary/aromatic N) is 5. The fraction of sp³-hybridized carbons (Fsp3) is 0.300. The maximum absolute atomic E-state index is 12.0. The van der Waals surface area contributed by atoms with E-state index in [-0.39, 0.29) is 11.9 Å². The highest BCUT2D eigenvalue weighted by molar-refractivity contribution is 6.07. The molecular weight excluding hydrogens is 234 g/mol. The number of hydrogen-bond donors (Lipinski definition) is 2. The highest BCUT2D eigenvalue weighted by Gasteiger charge is 2.13. The van der Waals surface area contributed by atoms with E-state index in [9.17, 15) is 4.79 Å². The van der Waals surface area contributed by atoms with Crippen LogP contribution in [0.2, 0.25) is 0 Å². The van der Waals surface area contributed by atoms with Crippen LogP contribution in [0, 0.1) is 0 Å². The highest BCUT2D eigenvalue weighted by atomic mass is 16.1. The summed E-state index contributed by atoms with van der Waals surface area (Å²) in [5, 5.41) is 16.8. The van der Waals surface area contributed by atoms with Crippen LogP contribution in [0.5, 0.6) is 0 Å². The Kier molecular flexibility index (Phi) is 3.46. The van der Waals surface area contributed by atoms with E-state index < -0.39 is 0 Å². The van der Waals surface area contributed by atoms with E-state index in [1.807, 2.05) is 6.92 Å². The second kappa shape index (κ2) is 5.21. The molecule has 0 aliphatic rings. The Morgan fingerprint density at radius 3 is 3.00 bits per heavy atom. The molecule has 0 fully saturated rings. The Morgan fingerprint density at radius 2 is 2.33 bits per heavy atom. The SMILES string of the molecule is CCNc1cnccc1C(=O)Nc1nnn(C)n1. The molecule has 2 aromatic rings. The van der Waals surface area contributed by atoms with Crippen LogP contribution in [-0.2, 0) is 7.05 Å². The fourth-order valence-electron chi connectivity index (χ4n) is 1.43. The summed E-state index contributed by atoms with van der Waals surface area (Å²) < 4.78 is 0. The molecule has 2 rings (SSSR count). The van der Waals surface area contributed by atoms with Crippen LogP contribution in [-0.4, -0.2) is 37.6 Å². The van der Waals surface area contributed by atoms with Gasteiger partial charge in [0.25, 0.3) is 11.9 Å². The van der Waals surface area contributed by atoms with Crippen molar-refractivity contribution in [3.05, 3.63) is 24.0 Å². The van der Waals surface area contributed by atoms with E-state index >= 15 is 0 Å². The Bertz CT molecular complexity index is 551. The van der Waals surface area contributed by atoms with E-state index in [0.29, 0.717) is 17.8 Å². The van der Waals surface area contributed by atoms with Crippen LogP contribution in [0.3, 0.4) is 0 Å². The molecule has 0 aromatic carbocycles. The molecule has 8 nitrogen and oxygen atoms in total. The van der Waals surface area contributed by atoms with Gasteiger partial charge in [0.15, 0.2) is 0 Å². The quantitative estimate of drug-likeness (QED) is 0.805. The average Bonchev–Trinajstić information content (AvgIpc) is 2.76. The summed E-state index contributed by atoms with van der Waals surface area (Å²) in [7, 11) is 1.62. The Hall–Kier alpha value is -2.51. The monoisotopic (exact) mass is 247 g/mol. The number of aromatic nitrogens is 5. The molecule has 0 spiro atoms. The first kappa shape index (κ1) is 12.0. The van der Waals surface area contributed by atoms with Crippen LogP contribution < -0.4 is 10.6 Å². The average molecular weight is 247 g/mol. The normalized spacial score (nSPS) is 10.1. The number of amides is 1. The molecule has 0 aliphatic carbocycles. The first-order valence-electron chi connectivity index (χ1n) is 5.44. The molecule has 2 N–H and O–H groups in total. The summed E-state index contributed by atoms with van der Waals surface area (Å²) >= 11 is 0. The van der Waals surface area contributed by atoms with Gasteiger partial charge in [0.05, 0.1) is 24.5 Å². The predicted molar refractivity (Wildman–Crippen MR) is 65.2 cm³/mol. The number of carbonyl (C=O) groups is 1. The van der Waals surface area contributed by atoms with Gasteiger partial charge in [-0.15, -0.1) is 5.10 Å². The molecule has 0 saturated heterocycles. The Balaban J connectivity index is 2.18. The number of hydrogen-bond acceptors (Lipinski definition) is 6. The lowest BCUT2D eigenvalue weighted by molar-refractivity contribution is 0.102. The van der Waals surface area contributed by atoms with E-state index in [1.54, 1.807) is 25.5 Å². The number of aryl methyl sites for hydroxylation is 1. The molecular formula is C10H13N7O. The zero-order valence-electron chi connectivity index (χ0n) is 10.1. The lowest BCUT2D eigenvalue weighted by Crippen LogP contribution is -2.16. The van der Waals surface area contributed by atoms with Gasteiger partial charge in [-0.2, -0.15) is 4.80 Å². The molecule has 18 heavy (non-hydrogen) atoms. The minimum atomic E-state index is -0.304. The zero-order valence-corrected chi connectivity index (χ0v) is 10.1. The molecule has 0 radical (unpaired) electrons. The van der Waals surface area contributed by atoms with Gasteiger partial charge in [0.1, 0.15) is 0 Å². The second-order valence-electron chi connectivity index (χ2n) is 3.51. The van der Waals surface area contributed by atoms with E-state index in [4.69, 9.17) is 0 Å². The maximum atomic E-state index is 12.0. The number of pyridine rings is 1. The smallest absolute Gasteiger partial charge is 0.270 e. The van der Waals surface area contributed by atoms with Crippen molar-refractivity contribution in [3.8, 4) is 0 Å². The van der Waals surface area contributed by atoms with Crippen molar-refractivity contribution in [3.63, 3.8) is 0 Å². The molecule has 0 aliphatic heterocycles. The first-order chi connectivity index (χ1) is 8.70. The summed E-state index contributed by atoms with van der Waals surface area (Å²) in [5.74, 6) is -0.136. The lowest BCUT2D eigenvalue weighted by atomic mass is 10.2. The number of carbonyl (C=O) groups excluding carboxylic acids is 1. The third-order valence-electron chi connectivity index (χ3n) is 2.17. The number of nitrogens with one attached hydrogen (secondary N) is 2. The summed E-state index contributed by atoms with van der Waals surface area (Å²) in [5.41, 5.74) is 1.15. The number of anilines is 2. The van der Waals surface area contributed by atoms with Crippen molar-refractivity contribution in [2.75, 3.05) is 17.2 Å². The molecule has 2 aromatic heterocycles. The van der Waals surface area contributed by atoms with Gasteiger partial charge in [0, 0.05) is 12.7 Å². The summed E-state index contributed by atoms with van der Waals surface area (Å²) in [4.78, 5) is 17.3. The van der Waals surface area contributed by atoms with E-state index in [0.717, 1.165) is 0 Å². The van der Waals surface area contributed by atoms with Crippen LogP contribution >= 0.6 is 0 Å². The van der Waals surface area contributed by atoms with Crippen molar-refractivity contribution < 1.29 is 4.79 Å². The van der Waals surface area contributed by atoms with Crippen LogP contribution in [0.25, 0.3) is 0 Å². The number of rotatable bonds is 4. The third-order valence-corrected chi connectivity index (χ3v) is 2.17. The number of tetrazole rings is 1. The Morgan fingerprint density at radius 1 is 1.50 bits per heavy atom. The van der Waals surface area contributed by atoms with Gasteiger partial charge in [0.2, 0.25) is 0 Å². The molecule has 2 heterocycles. The van der Waals surface area contributed by atoms with Gasteiger partial charge < -0.3 is 5.32 Å². The van der Waals surface area contributed by atoms with Gasteiger partial charge in [-0.05, 0) is 18.2 Å². The van der Waals surface area contributed by atoms with Crippen molar-refractivity contribution in [1.29, 1.82) is 0 Å². The molecule has 0 bridgehead atoms. The van der Waals surface area contributed by atoms with Gasteiger partial charge in [-0.1, -0.05) is 5.10 Å². The topological polar surface area (TPSA) is 97.6 Å². The minimum absolute atomic E-state index is 0.168. The van der Waals surface area contributed by atoms with Crippen molar-refractivity contribution in [2.24, 2.45) is 7.05 Å². The zero-order chi connectivity index (χ0) is 13.0. The minimum Gasteiger partial charge on any atom is -0.383 e. The first-order valence-corrected chi connectivity index (χ1v) is 5.44. The molecule has 94 valence electrons. The van der Waals surface area contributed by atoms with Gasteiger partial charge in [-0.25, -0.2) is 0 Å². The molecule has 0 unspecified atom stereocenters. The summed E-state index contributed by atoms with van der Waals surface area (Å²) in [6.07, 6.45) is 3.16. The summed E-state index contributed by atoms with van der Waals surface area (Å²) in [6, 6.07) is 1.63. The van der Waals surface area contributed by atoms with Crippen LogP contribution in [0.4, 0.5) is 11.6 Å². The maximum Gasteiger partial charge on any atom is 0.270 e. The standard InChI is InChI=1S/C10H13N7O/c1-3-12-8-6-11-5-4-7(8)9(18)13-10-14-16-17(2)15-10/h4-6,12H,3H2,1-2H3,(H,13,15,18). The largest absolute Gasteiger partial charge is 0.383 e. The summed E-state index contributed by atoms with van der Waals surface area (Å²) in [6.45, 7) is 2.65. The van der Waals surface area contributed by atoms with Crippen molar-refractivity contribution in [2.45, 2.75) is 6.92 Å². The van der Waals surface area contributed by atoms with Crippen LogP contribution in [0.1, 0.15) is 17.3 Å².